The molecule has 0 amide bonds. The van der Waals surface area contributed by atoms with Gasteiger partial charge in [0.05, 0.1) is 6.10 Å². The van der Waals surface area contributed by atoms with E-state index < -0.39 is 6.10 Å². The number of allylic oxidation sites excluding steroid dienone is 3. The molecule has 2 nitrogen and oxygen atoms in total. The second-order valence-electron chi connectivity index (χ2n) is 5.81. The molecule has 0 saturated heterocycles. The van der Waals surface area contributed by atoms with E-state index in [1.807, 2.05) is 0 Å². The van der Waals surface area contributed by atoms with Crippen molar-refractivity contribution in [1.82, 2.24) is 0 Å². The number of aliphatic hydroxyl groups excluding tert-OH is 1. The molecule has 1 aliphatic carbocycles. The van der Waals surface area contributed by atoms with Crippen molar-refractivity contribution in [2.75, 3.05) is 0 Å². The molecule has 1 fully saturated rings. The van der Waals surface area contributed by atoms with Crippen LogP contribution in [0, 0.1) is 11.8 Å². The minimum absolute atomic E-state index is 0.0142. The lowest BCUT2D eigenvalue weighted by atomic mass is 9.90. The molecule has 1 saturated carbocycles. The van der Waals surface area contributed by atoms with E-state index in [4.69, 9.17) is 0 Å². The van der Waals surface area contributed by atoms with Crippen LogP contribution in [0.5, 0.6) is 0 Å². The number of hydrogen-bond donors (Lipinski definition) is 1. The highest BCUT2D eigenvalue weighted by Crippen LogP contribution is 2.33. The number of carbonyl (C=O) groups excluding carboxylic acids is 1. The van der Waals surface area contributed by atoms with E-state index in [-0.39, 0.29) is 17.6 Å². The zero-order valence-corrected chi connectivity index (χ0v) is 13.1. The van der Waals surface area contributed by atoms with E-state index >= 15 is 0 Å². The van der Waals surface area contributed by atoms with Crippen LogP contribution in [0.15, 0.2) is 24.3 Å². The number of aliphatic hydroxyl groups is 1. The lowest BCUT2D eigenvalue weighted by Gasteiger charge is -2.15. The van der Waals surface area contributed by atoms with Gasteiger partial charge in [-0.1, -0.05) is 57.4 Å². The van der Waals surface area contributed by atoms with Crippen molar-refractivity contribution < 1.29 is 9.90 Å². The molecule has 0 aromatic rings. The zero-order valence-electron chi connectivity index (χ0n) is 13.1. The predicted molar refractivity (Wildman–Crippen MR) is 84.6 cm³/mol. The van der Waals surface area contributed by atoms with E-state index in [0.29, 0.717) is 6.42 Å². The van der Waals surface area contributed by atoms with Crippen LogP contribution in [0.2, 0.25) is 0 Å². The number of ketones is 1. The second kappa shape index (κ2) is 9.93. The fraction of sp³-hybridized carbons (Fsp3) is 0.722. The van der Waals surface area contributed by atoms with E-state index in [1.54, 1.807) is 0 Å². The molecule has 1 N–H and O–H groups in total. The van der Waals surface area contributed by atoms with Gasteiger partial charge >= 0.3 is 0 Å². The third-order valence-corrected chi connectivity index (χ3v) is 4.11. The van der Waals surface area contributed by atoms with Gasteiger partial charge in [0.2, 0.25) is 0 Å². The Bertz CT molecular complexity index is 330. The van der Waals surface area contributed by atoms with Gasteiger partial charge < -0.3 is 5.11 Å². The summed E-state index contributed by atoms with van der Waals surface area (Å²) in [6.07, 6.45) is 16.2. The third kappa shape index (κ3) is 5.62. The van der Waals surface area contributed by atoms with Gasteiger partial charge in [0.1, 0.15) is 5.78 Å². The highest BCUT2D eigenvalue weighted by atomic mass is 16.3. The van der Waals surface area contributed by atoms with Crippen molar-refractivity contribution in [3.8, 4) is 0 Å². The first kappa shape index (κ1) is 17.2. The summed E-state index contributed by atoms with van der Waals surface area (Å²) in [4.78, 5) is 11.9. The Morgan fingerprint density at radius 3 is 2.65 bits per heavy atom. The molecule has 1 rings (SSSR count). The maximum Gasteiger partial charge on any atom is 0.139 e. The Balaban J connectivity index is 2.44. The first-order valence-electron chi connectivity index (χ1n) is 8.23. The van der Waals surface area contributed by atoms with Crippen molar-refractivity contribution in [2.24, 2.45) is 11.8 Å². The van der Waals surface area contributed by atoms with Crippen molar-refractivity contribution in [3.05, 3.63) is 24.3 Å². The molecule has 0 aliphatic heterocycles. The predicted octanol–water partition coefficient (Wildman–Crippen LogP) is 4.44. The number of unbranched alkanes of at least 4 members (excludes halogenated alkanes) is 4. The van der Waals surface area contributed by atoms with Gasteiger partial charge in [-0.15, -0.1) is 0 Å². The fourth-order valence-corrected chi connectivity index (χ4v) is 2.88. The molecular formula is C18H30O2. The molecule has 0 bridgehead atoms. The molecular weight excluding hydrogens is 248 g/mol. The summed E-state index contributed by atoms with van der Waals surface area (Å²) in [5, 5.41) is 10.0. The third-order valence-electron chi connectivity index (χ3n) is 4.11. The van der Waals surface area contributed by atoms with Crippen LogP contribution in [0.3, 0.4) is 0 Å². The average Bonchev–Trinajstić information content (AvgIpc) is 2.69. The molecule has 0 heterocycles. The highest BCUT2D eigenvalue weighted by molar-refractivity contribution is 5.84. The number of hydrogen-bond acceptors (Lipinski definition) is 2. The molecule has 1 aliphatic rings. The summed E-state index contributed by atoms with van der Waals surface area (Å²) in [5.74, 6) is 0.230. The summed E-state index contributed by atoms with van der Waals surface area (Å²) in [7, 11) is 0. The molecule has 2 heteroatoms. The average molecular weight is 278 g/mol. The standard InChI is InChI=1S/C18H30O2/c1-3-5-7-8-9-11-13-16-15(12-10-6-4-2)17(19)14-18(16)20/h6,10-11,13,15-16,18,20H,3-5,7-9,12,14H2,1-2H3/b10-6-,13-11+/t15-,16-,18-/m1/s1. The number of rotatable bonds is 9. The van der Waals surface area contributed by atoms with Gasteiger partial charge in [0, 0.05) is 18.3 Å². The Hall–Kier alpha value is -0.890. The monoisotopic (exact) mass is 278 g/mol. The quantitative estimate of drug-likeness (QED) is 0.500. The lowest BCUT2D eigenvalue weighted by Crippen LogP contribution is -2.17. The Morgan fingerprint density at radius 2 is 1.95 bits per heavy atom. The normalized spacial score (nSPS) is 27.1. The van der Waals surface area contributed by atoms with Gasteiger partial charge in [-0.2, -0.15) is 0 Å². The molecule has 20 heavy (non-hydrogen) atoms. The smallest absolute Gasteiger partial charge is 0.139 e. The summed E-state index contributed by atoms with van der Waals surface area (Å²) >= 11 is 0. The minimum Gasteiger partial charge on any atom is -0.392 e. The van der Waals surface area contributed by atoms with Crippen LogP contribution in [0.4, 0.5) is 0 Å². The van der Waals surface area contributed by atoms with E-state index in [9.17, 15) is 9.90 Å². The van der Waals surface area contributed by atoms with E-state index in [2.05, 4.69) is 38.2 Å². The van der Waals surface area contributed by atoms with Crippen molar-refractivity contribution >= 4 is 5.78 Å². The molecule has 114 valence electrons. The second-order valence-corrected chi connectivity index (χ2v) is 5.81. The summed E-state index contributed by atoms with van der Waals surface area (Å²) in [5.41, 5.74) is 0. The maximum absolute atomic E-state index is 11.9. The van der Waals surface area contributed by atoms with Gasteiger partial charge in [-0.25, -0.2) is 0 Å². The topological polar surface area (TPSA) is 37.3 Å². The largest absolute Gasteiger partial charge is 0.392 e. The first-order valence-corrected chi connectivity index (χ1v) is 8.23. The van der Waals surface area contributed by atoms with Gasteiger partial charge in [0.15, 0.2) is 0 Å². The SMILES string of the molecule is CC/C=C\C[C@H]1C(=O)C[C@@H](O)[C@@H]1/C=C/CCCCCC. The van der Waals surface area contributed by atoms with Crippen LogP contribution in [-0.4, -0.2) is 17.0 Å². The van der Waals surface area contributed by atoms with Crippen LogP contribution in [-0.2, 0) is 4.79 Å². The Labute approximate surface area is 124 Å². The van der Waals surface area contributed by atoms with Crippen molar-refractivity contribution in [3.63, 3.8) is 0 Å². The number of carbonyl (C=O) groups is 1. The molecule has 3 atom stereocenters. The van der Waals surface area contributed by atoms with Crippen LogP contribution < -0.4 is 0 Å². The zero-order chi connectivity index (χ0) is 14.8. The van der Waals surface area contributed by atoms with Gasteiger partial charge in [-0.3, -0.25) is 4.79 Å². The Morgan fingerprint density at radius 1 is 1.15 bits per heavy atom. The van der Waals surface area contributed by atoms with Gasteiger partial charge in [0.25, 0.3) is 0 Å². The van der Waals surface area contributed by atoms with Crippen LogP contribution >= 0.6 is 0 Å². The maximum atomic E-state index is 11.9. The van der Waals surface area contributed by atoms with Gasteiger partial charge in [-0.05, 0) is 25.7 Å². The summed E-state index contributed by atoms with van der Waals surface area (Å²) in [6.45, 7) is 4.31. The molecule has 0 aromatic heterocycles. The van der Waals surface area contributed by atoms with Crippen LogP contribution in [0.1, 0.15) is 65.2 Å². The molecule has 0 radical (unpaired) electrons. The van der Waals surface area contributed by atoms with Crippen molar-refractivity contribution in [2.45, 2.75) is 71.3 Å². The molecule has 0 spiro atoms. The summed E-state index contributed by atoms with van der Waals surface area (Å²) < 4.78 is 0. The van der Waals surface area contributed by atoms with E-state index in [0.717, 1.165) is 19.3 Å². The van der Waals surface area contributed by atoms with E-state index in [1.165, 1.54) is 25.7 Å². The molecule has 0 aromatic carbocycles. The first-order chi connectivity index (χ1) is 9.70. The fourth-order valence-electron chi connectivity index (χ4n) is 2.88. The minimum atomic E-state index is -0.477. The van der Waals surface area contributed by atoms with Crippen molar-refractivity contribution in [1.29, 1.82) is 0 Å². The van der Waals surface area contributed by atoms with Crippen LogP contribution in [0.25, 0.3) is 0 Å². The number of Topliss-reactive ketones (excluding diaryl/α,β-unsaturated/α-hetero) is 1. The molecule has 0 unspecified atom stereocenters. The highest BCUT2D eigenvalue weighted by Gasteiger charge is 2.38. The summed E-state index contributed by atoms with van der Waals surface area (Å²) in [6, 6.07) is 0. The Kier molecular flexibility index (Phi) is 8.52. The lowest BCUT2D eigenvalue weighted by molar-refractivity contribution is -0.121.